The lowest BCUT2D eigenvalue weighted by atomic mass is 10.1. The molecule has 2 aliphatic rings. The summed E-state index contributed by atoms with van der Waals surface area (Å²) < 4.78 is 1.98. The Bertz CT molecular complexity index is 842. The second-order valence-electron chi connectivity index (χ2n) is 7.03. The Hall–Kier alpha value is -2.54. The summed E-state index contributed by atoms with van der Waals surface area (Å²) in [5.41, 5.74) is 0.791. The Balaban J connectivity index is 1.37. The minimum atomic E-state index is -0.284. The summed E-state index contributed by atoms with van der Waals surface area (Å²) >= 11 is 5.92. The highest BCUT2D eigenvalue weighted by molar-refractivity contribution is 6.30. The summed E-state index contributed by atoms with van der Waals surface area (Å²) in [4.78, 5) is 35.4. The van der Waals surface area contributed by atoms with Crippen LogP contribution in [0.15, 0.2) is 36.7 Å². The summed E-state index contributed by atoms with van der Waals surface area (Å²) in [6.45, 7) is 3.23. The van der Waals surface area contributed by atoms with Crippen LogP contribution in [0.3, 0.4) is 0 Å². The van der Waals surface area contributed by atoms with Gasteiger partial charge in [0.15, 0.2) is 0 Å². The molecule has 1 aromatic carbocycles. The van der Waals surface area contributed by atoms with E-state index in [2.05, 4.69) is 9.88 Å². The van der Waals surface area contributed by atoms with Crippen LogP contribution in [0.1, 0.15) is 6.42 Å². The van der Waals surface area contributed by atoms with Gasteiger partial charge in [-0.15, -0.1) is 0 Å². The summed E-state index contributed by atoms with van der Waals surface area (Å²) in [6, 6.07) is 7.16. The molecular formula is C19H22ClN5O2. The predicted octanol–water partition coefficient (Wildman–Crippen LogP) is 1.78. The molecule has 7 nitrogen and oxygen atoms in total. The molecular weight excluding hydrogens is 366 g/mol. The maximum absolute atomic E-state index is 12.9. The van der Waals surface area contributed by atoms with Gasteiger partial charge in [-0.3, -0.25) is 9.59 Å². The van der Waals surface area contributed by atoms with Crippen LogP contribution in [0.5, 0.6) is 0 Å². The fourth-order valence-electron chi connectivity index (χ4n) is 3.79. The van der Waals surface area contributed by atoms with Crippen molar-refractivity contribution in [1.29, 1.82) is 0 Å². The van der Waals surface area contributed by atoms with Crippen LogP contribution < -0.4 is 9.80 Å². The maximum atomic E-state index is 12.9. The number of halogens is 1. The summed E-state index contributed by atoms with van der Waals surface area (Å²) in [5, 5.41) is 0.628. The number of carbonyl (C=O) groups excluding carboxylic acids is 2. The topological polar surface area (TPSA) is 61.7 Å². The maximum Gasteiger partial charge on any atom is 0.228 e. The van der Waals surface area contributed by atoms with Gasteiger partial charge in [-0.1, -0.05) is 11.6 Å². The highest BCUT2D eigenvalue weighted by Gasteiger charge is 2.38. The average Bonchev–Trinajstić information content (AvgIpc) is 3.28. The molecule has 142 valence electrons. The van der Waals surface area contributed by atoms with E-state index < -0.39 is 0 Å². The first kappa shape index (κ1) is 17.9. The quantitative estimate of drug-likeness (QED) is 0.805. The number of rotatable bonds is 3. The van der Waals surface area contributed by atoms with Gasteiger partial charge >= 0.3 is 0 Å². The number of amides is 2. The van der Waals surface area contributed by atoms with E-state index >= 15 is 0 Å². The van der Waals surface area contributed by atoms with Gasteiger partial charge in [0.05, 0.1) is 5.92 Å². The number of piperazine rings is 1. The predicted molar refractivity (Wildman–Crippen MR) is 104 cm³/mol. The van der Waals surface area contributed by atoms with Crippen molar-refractivity contribution < 1.29 is 9.59 Å². The molecule has 27 heavy (non-hydrogen) atoms. The second-order valence-corrected chi connectivity index (χ2v) is 7.47. The molecule has 2 aromatic rings. The van der Waals surface area contributed by atoms with E-state index in [0.717, 1.165) is 24.7 Å². The lowest BCUT2D eigenvalue weighted by Crippen LogP contribution is -2.51. The van der Waals surface area contributed by atoms with Crippen molar-refractivity contribution in [3.05, 3.63) is 41.7 Å². The highest BCUT2D eigenvalue weighted by atomic mass is 35.5. The minimum Gasteiger partial charge on any atom is -0.339 e. The van der Waals surface area contributed by atoms with Crippen LogP contribution in [-0.4, -0.2) is 59.0 Å². The van der Waals surface area contributed by atoms with Crippen molar-refractivity contribution in [2.24, 2.45) is 13.0 Å². The molecule has 1 aromatic heterocycles. The molecule has 0 aliphatic carbocycles. The molecule has 1 atom stereocenters. The molecule has 0 radical (unpaired) electrons. The number of carbonyl (C=O) groups is 2. The summed E-state index contributed by atoms with van der Waals surface area (Å²) in [5.74, 6) is 0.696. The lowest BCUT2D eigenvalue weighted by Gasteiger charge is -2.36. The fourth-order valence-corrected chi connectivity index (χ4v) is 3.92. The zero-order chi connectivity index (χ0) is 19.0. The van der Waals surface area contributed by atoms with E-state index in [1.54, 1.807) is 23.2 Å². The van der Waals surface area contributed by atoms with E-state index in [1.807, 2.05) is 34.8 Å². The highest BCUT2D eigenvalue weighted by Crippen LogP contribution is 2.28. The Morgan fingerprint density at radius 2 is 1.85 bits per heavy atom. The van der Waals surface area contributed by atoms with Crippen molar-refractivity contribution in [3.63, 3.8) is 0 Å². The average molecular weight is 388 g/mol. The standard InChI is InChI=1S/C19H22ClN5O2/c1-22-7-6-21-19(22)24-10-8-23(9-11-24)18(27)14-12-17(26)25(13-14)16-4-2-15(20)3-5-16/h2-7,14H,8-13H2,1H3/t14-/m1/s1. The number of aromatic nitrogens is 2. The Morgan fingerprint density at radius 3 is 2.48 bits per heavy atom. The van der Waals surface area contributed by atoms with Crippen molar-refractivity contribution in [3.8, 4) is 0 Å². The van der Waals surface area contributed by atoms with Crippen LogP contribution in [0, 0.1) is 5.92 Å². The number of anilines is 2. The van der Waals surface area contributed by atoms with Gasteiger partial charge in [-0.05, 0) is 24.3 Å². The van der Waals surface area contributed by atoms with E-state index in [9.17, 15) is 9.59 Å². The zero-order valence-electron chi connectivity index (χ0n) is 15.2. The zero-order valence-corrected chi connectivity index (χ0v) is 16.0. The van der Waals surface area contributed by atoms with Gasteiger partial charge in [0.25, 0.3) is 0 Å². The second kappa shape index (κ2) is 7.23. The fraction of sp³-hybridized carbons (Fsp3) is 0.421. The molecule has 2 fully saturated rings. The molecule has 0 unspecified atom stereocenters. The molecule has 3 heterocycles. The Kier molecular flexibility index (Phi) is 4.78. The molecule has 0 N–H and O–H groups in total. The molecule has 0 saturated carbocycles. The molecule has 4 rings (SSSR count). The minimum absolute atomic E-state index is 0.0117. The third kappa shape index (κ3) is 3.51. The van der Waals surface area contributed by atoms with Gasteiger partial charge in [-0.25, -0.2) is 4.98 Å². The number of aryl methyl sites for hydroxylation is 1. The van der Waals surface area contributed by atoms with Crippen LogP contribution in [0.4, 0.5) is 11.6 Å². The van der Waals surface area contributed by atoms with Crippen LogP contribution >= 0.6 is 11.6 Å². The first-order chi connectivity index (χ1) is 13.0. The van der Waals surface area contributed by atoms with Crippen LogP contribution in [0.2, 0.25) is 5.02 Å². The Labute approximate surface area is 163 Å². The SMILES string of the molecule is Cn1ccnc1N1CCN(C(=O)[C@@H]2CC(=O)N(c3ccc(Cl)cc3)C2)CC1. The molecule has 2 aliphatic heterocycles. The van der Waals surface area contributed by atoms with Gasteiger partial charge in [0.1, 0.15) is 0 Å². The molecule has 2 saturated heterocycles. The molecule has 2 amide bonds. The van der Waals surface area contributed by atoms with E-state index in [4.69, 9.17) is 11.6 Å². The molecule has 0 bridgehead atoms. The van der Waals surface area contributed by atoms with Gasteiger partial charge < -0.3 is 19.3 Å². The first-order valence-corrected chi connectivity index (χ1v) is 9.48. The van der Waals surface area contributed by atoms with E-state index in [0.29, 0.717) is 24.7 Å². The monoisotopic (exact) mass is 387 g/mol. The van der Waals surface area contributed by atoms with Crippen molar-refractivity contribution in [2.45, 2.75) is 6.42 Å². The van der Waals surface area contributed by atoms with Gasteiger partial charge in [0.2, 0.25) is 17.8 Å². The normalized spacial score (nSPS) is 20.4. The smallest absolute Gasteiger partial charge is 0.228 e. The number of hydrogen-bond acceptors (Lipinski definition) is 4. The largest absolute Gasteiger partial charge is 0.339 e. The van der Waals surface area contributed by atoms with Crippen LogP contribution in [-0.2, 0) is 16.6 Å². The van der Waals surface area contributed by atoms with Crippen LogP contribution in [0.25, 0.3) is 0 Å². The lowest BCUT2D eigenvalue weighted by molar-refractivity contribution is -0.136. The van der Waals surface area contributed by atoms with Gasteiger partial charge in [-0.2, -0.15) is 0 Å². The van der Waals surface area contributed by atoms with E-state index in [-0.39, 0.29) is 24.2 Å². The van der Waals surface area contributed by atoms with Crippen molar-refractivity contribution in [1.82, 2.24) is 14.5 Å². The number of benzene rings is 1. The van der Waals surface area contributed by atoms with Crippen molar-refractivity contribution in [2.75, 3.05) is 42.5 Å². The van der Waals surface area contributed by atoms with E-state index in [1.165, 1.54) is 0 Å². The molecule has 8 heteroatoms. The first-order valence-electron chi connectivity index (χ1n) is 9.10. The number of nitrogens with zero attached hydrogens (tertiary/aromatic N) is 5. The van der Waals surface area contributed by atoms with Crippen molar-refractivity contribution >= 4 is 35.1 Å². The summed E-state index contributed by atoms with van der Waals surface area (Å²) in [7, 11) is 1.97. The number of imidazole rings is 1. The number of hydrogen-bond donors (Lipinski definition) is 0. The Morgan fingerprint density at radius 1 is 1.15 bits per heavy atom. The molecule has 0 spiro atoms. The summed E-state index contributed by atoms with van der Waals surface area (Å²) in [6.07, 6.45) is 3.96. The van der Waals surface area contributed by atoms with Gasteiger partial charge in [0, 0.05) is 69.3 Å². The third-order valence-corrected chi connectivity index (χ3v) is 5.53. The third-order valence-electron chi connectivity index (χ3n) is 5.28.